The molecule has 0 radical (unpaired) electrons. The molecule has 0 N–H and O–H groups in total. The minimum Gasteiger partial charge on any atom is -0.455 e. The van der Waals surface area contributed by atoms with Crippen LogP contribution in [0.1, 0.15) is 25.0 Å². The van der Waals surface area contributed by atoms with Crippen LogP contribution in [0.25, 0.3) is 88.0 Å². The molecule has 9 aromatic carbocycles. The predicted molar refractivity (Wildman–Crippen MR) is 242 cm³/mol. The standard InChI is InChI=1S/C55H37NO2/c1-55(2)46-22-10-8-18-41(46)42-31-30-38(33-47(42)55)56(37-28-26-34(27-29-37)40-20-12-21-44-43-19-9-11-24-49(43)57-53(40)44)48-23-13-25-50-52(48)45-32-36-16-6-7-17-39(36)51(54(45)58-50)35-14-4-3-5-15-35/h3-33H,1-2H3. The number of rotatable bonds is 5. The van der Waals surface area contributed by atoms with Gasteiger partial charge >= 0.3 is 0 Å². The Bertz CT molecular complexity index is 3420. The number of para-hydroxylation sites is 2. The molecule has 0 aliphatic heterocycles. The summed E-state index contributed by atoms with van der Waals surface area (Å²) in [7, 11) is 0. The van der Waals surface area contributed by atoms with Crippen molar-refractivity contribution < 1.29 is 8.83 Å². The highest BCUT2D eigenvalue weighted by atomic mass is 16.3. The first-order chi connectivity index (χ1) is 28.5. The molecule has 58 heavy (non-hydrogen) atoms. The van der Waals surface area contributed by atoms with Gasteiger partial charge in [-0.05, 0) is 92.7 Å². The van der Waals surface area contributed by atoms with E-state index in [0.717, 1.165) is 83.2 Å². The van der Waals surface area contributed by atoms with E-state index in [2.05, 4.69) is 195 Å². The molecule has 2 heterocycles. The van der Waals surface area contributed by atoms with Crippen molar-refractivity contribution >= 4 is 71.7 Å². The molecular formula is C55H37NO2. The first-order valence-corrected chi connectivity index (χ1v) is 20.0. The Balaban J connectivity index is 1.10. The van der Waals surface area contributed by atoms with Gasteiger partial charge in [-0.2, -0.15) is 0 Å². The first kappa shape index (κ1) is 32.8. The van der Waals surface area contributed by atoms with Crippen LogP contribution in [-0.4, -0.2) is 0 Å². The molecule has 0 unspecified atom stereocenters. The molecule has 0 saturated carbocycles. The molecule has 0 spiro atoms. The molecular weight excluding hydrogens is 707 g/mol. The fourth-order valence-corrected chi connectivity index (χ4v) is 9.71. The Morgan fingerprint density at radius 1 is 0.414 bits per heavy atom. The zero-order valence-electron chi connectivity index (χ0n) is 32.2. The molecule has 11 aromatic rings. The minimum absolute atomic E-state index is 0.152. The average molecular weight is 744 g/mol. The molecule has 0 amide bonds. The number of hydrogen-bond acceptors (Lipinski definition) is 3. The van der Waals surface area contributed by atoms with Crippen LogP contribution in [0.5, 0.6) is 0 Å². The summed E-state index contributed by atoms with van der Waals surface area (Å²) in [6, 6.07) is 67.6. The summed E-state index contributed by atoms with van der Waals surface area (Å²) in [6.45, 7) is 4.69. The van der Waals surface area contributed by atoms with Gasteiger partial charge in [-0.1, -0.05) is 153 Å². The van der Waals surface area contributed by atoms with E-state index in [4.69, 9.17) is 8.83 Å². The van der Waals surface area contributed by atoms with E-state index in [-0.39, 0.29) is 5.41 Å². The summed E-state index contributed by atoms with van der Waals surface area (Å²) in [4.78, 5) is 2.42. The van der Waals surface area contributed by atoms with Crippen molar-refractivity contribution in [2.24, 2.45) is 0 Å². The zero-order valence-corrected chi connectivity index (χ0v) is 32.2. The second kappa shape index (κ2) is 12.3. The van der Waals surface area contributed by atoms with Crippen molar-refractivity contribution in [2.45, 2.75) is 19.3 Å². The maximum atomic E-state index is 6.96. The SMILES string of the molecule is CC1(C)c2ccccc2-c2ccc(N(c3ccc(-c4cccc5c4oc4ccccc45)cc3)c3cccc4oc5c(-c6ccccc6)c6ccccc6cc5c34)cc21. The third-order valence-electron chi connectivity index (χ3n) is 12.5. The lowest BCUT2D eigenvalue weighted by atomic mass is 9.82. The van der Waals surface area contributed by atoms with E-state index in [0.29, 0.717) is 0 Å². The first-order valence-electron chi connectivity index (χ1n) is 20.0. The summed E-state index contributed by atoms with van der Waals surface area (Å²) < 4.78 is 13.4. The number of fused-ring (bicyclic) bond motifs is 10. The molecule has 1 aliphatic rings. The maximum absolute atomic E-state index is 6.96. The smallest absolute Gasteiger partial charge is 0.143 e. The van der Waals surface area contributed by atoms with Crippen LogP contribution < -0.4 is 4.90 Å². The highest BCUT2D eigenvalue weighted by Crippen LogP contribution is 2.52. The summed E-state index contributed by atoms with van der Waals surface area (Å²) in [6.07, 6.45) is 0. The largest absolute Gasteiger partial charge is 0.455 e. The highest BCUT2D eigenvalue weighted by molar-refractivity contribution is 6.22. The van der Waals surface area contributed by atoms with Gasteiger partial charge in [0.05, 0.1) is 11.1 Å². The van der Waals surface area contributed by atoms with Crippen LogP contribution in [0, 0.1) is 0 Å². The molecule has 0 saturated heterocycles. The monoisotopic (exact) mass is 743 g/mol. The van der Waals surface area contributed by atoms with E-state index in [9.17, 15) is 0 Å². The van der Waals surface area contributed by atoms with Crippen LogP contribution in [0.4, 0.5) is 17.1 Å². The second-order valence-electron chi connectivity index (χ2n) is 16.0. The summed E-state index contributed by atoms with van der Waals surface area (Å²) in [5, 5.41) is 6.79. The third kappa shape index (κ3) is 4.74. The molecule has 3 heteroatoms. The van der Waals surface area contributed by atoms with E-state index in [1.54, 1.807) is 0 Å². The van der Waals surface area contributed by atoms with E-state index >= 15 is 0 Å². The van der Waals surface area contributed by atoms with Crippen molar-refractivity contribution in [1.29, 1.82) is 0 Å². The fourth-order valence-electron chi connectivity index (χ4n) is 9.71. The highest BCUT2D eigenvalue weighted by Gasteiger charge is 2.36. The van der Waals surface area contributed by atoms with Gasteiger partial charge in [0.25, 0.3) is 0 Å². The Kier molecular flexibility index (Phi) is 6.98. The summed E-state index contributed by atoms with van der Waals surface area (Å²) in [5.74, 6) is 0. The van der Waals surface area contributed by atoms with Gasteiger partial charge in [0.2, 0.25) is 0 Å². The van der Waals surface area contributed by atoms with Crippen LogP contribution in [-0.2, 0) is 5.41 Å². The number of hydrogen-bond donors (Lipinski definition) is 0. The van der Waals surface area contributed by atoms with Crippen molar-refractivity contribution in [2.75, 3.05) is 4.90 Å². The van der Waals surface area contributed by atoms with Gasteiger partial charge in [-0.25, -0.2) is 0 Å². The lowest BCUT2D eigenvalue weighted by Gasteiger charge is -2.29. The van der Waals surface area contributed by atoms with Gasteiger partial charge in [0.15, 0.2) is 0 Å². The Morgan fingerprint density at radius 2 is 1.07 bits per heavy atom. The normalized spacial score (nSPS) is 13.1. The van der Waals surface area contributed by atoms with Gasteiger partial charge in [0.1, 0.15) is 22.3 Å². The van der Waals surface area contributed by atoms with E-state index in [1.165, 1.54) is 33.0 Å². The molecule has 1 aliphatic carbocycles. The molecule has 3 nitrogen and oxygen atoms in total. The van der Waals surface area contributed by atoms with Crippen LogP contribution >= 0.6 is 0 Å². The number of furan rings is 2. The quantitative estimate of drug-likeness (QED) is 0.176. The van der Waals surface area contributed by atoms with Crippen molar-refractivity contribution in [3.8, 4) is 33.4 Å². The summed E-state index contributed by atoms with van der Waals surface area (Å²) >= 11 is 0. The third-order valence-corrected chi connectivity index (χ3v) is 12.5. The molecule has 274 valence electrons. The minimum atomic E-state index is -0.152. The van der Waals surface area contributed by atoms with Gasteiger partial charge in [-0.15, -0.1) is 0 Å². The second-order valence-corrected chi connectivity index (χ2v) is 16.0. The van der Waals surface area contributed by atoms with Crippen molar-refractivity contribution in [1.82, 2.24) is 0 Å². The molecule has 0 fully saturated rings. The fraction of sp³-hybridized carbons (Fsp3) is 0.0545. The Morgan fingerprint density at radius 3 is 1.95 bits per heavy atom. The van der Waals surface area contributed by atoms with Crippen LogP contribution in [0.15, 0.2) is 197 Å². The lowest BCUT2D eigenvalue weighted by molar-refractivity contribution is 0.660. The Hall–Kier alpha value is -7.36. The molecule has 0 bridgehead atoms. The maximum Gasteiger partial charge on any atom is 0.143 e. The van der Waals surface area contributed by atoms with Crippen LogP contribution in [0.2, 0.25) is 0 Å². The molecule has 12 rings (SSSR count). The van der Waals surface area contributed by atoms with Crippen LogP contribution in [0.3, 0.4) is 0 Å². The topological polar surface area (TPSA) is 29.5 Å². The van der Waals surface area contributed by atoms with Gasteiger partial charge < -0.3 is 13.7 Å². The Labute approximate surface area is 336 Å². The van der Waals surface area contributed by atoms with Gasteiger partial charge in [0, 0.05) is 44.1 Å². The lowest BCUT2D eigenvalue weighted by Crippen LogP contribution is -2.16. The predicted octanol–water partition coefficient (Wildman–Crippen LogP) is 15.7. The number of benzene rings is 9. The number of anilines is 3. The van der Waals surface area contributed by atoms with E-state index in [1.807, 2.05) is 12.1 Å². The number of nitrogens with zero attached hydrogens (tertiary/aromatic N) is 1. The van der Waals surface area contributed by atoms with Crippen molar-refractivity contribution in [3.63, 3.8) is 0 Å². The van der Waals surface area contributed by atoms with Gasteiger partial charge in [-0.3, -0.25) is 0 Å². The molecule has 0 atom stereocenters. The average Bonchev–Trinajstić information content (AvgIpc) is 3.91. The zero-order chi connectivity index (χ0) is 38.5. The molecule has 2 aromatic heterocycles. The van der Waals surface area contributed by atoms with E-state index < -0.39 is 0 Å². The summed E-state index contributed by atoms with van der Waals surface area (Å²) in [5.41, 5.74) is 16.3. The van der Waals surface area contributed by atoms with Crippen molar-refractivity contribution in [3.05, 3.63) is 199 Å².